The highest BCUT2D eigenvalue weighted by molar-refractivity contribution is 6.30. The Bertz CT molecular complexity index is 504. The summed E-state index contributed by atoms with van der Waals surface area (Å²) < 4.78 is 0. The number of nitrogens with one attached hydrogen (secondary N) is 1. The molecule has 1 fully saturated rings. The van der Waals surface area contributed by atoms with Crippen LogP contribution in [0, 0.1) is 5.92 Å². The second-order valence-electron chi connectivity index (χ2n) is 5.15. The van der Waals surface area contributed by atoms with Crippen LogP contribution in [0.4, 0.5) is 0 Å². The molecule has 5 heteroatoms. The fourth-order valence-corrected chi connectivity index (χ4v) is 2.53. The van der Waals surface area contributed by atoms with Gasteiger partial charge in [-0.25, -0.2) is 0 Å². The van der Waals surface area contributed by atoms with Crippen molar-refractivity contribution in [3.63, 3.8) is 0 Å². The van der Waals surface area contributed by atoms with Crippen molar-refractivity contribution in [2.24, 2.45) is 5.92 Å². The molecule has 0 bridgehead atoms. The average Bonchev–Trinajstić information content (AvgIpc) is 3.18. The number of carbonyl (C=O) groups excluding carboxylic acids is 1. The summed E-state index contributed by atoms with van der Waals surface area (Å²) in [5.74, 6) is -0.425. The number of amides is 1. The molecule has 1 saturated carbocycles. The fourth-order valence-electron chi connectivity index (χ4n) is 2.33. The van der Waals surface area contributed by atoms with E-state index in [1.807, 2.05) is 24.3 Å². The van der Waals surface area contributed by atoms with E-state index < -0.39 is 5.97 Å². The second-order valence-corrected chi connectivity index (χ2v) is 5.58. The largest absolute Gasteiger partial charge is 0.481 e. The van der Waals surface area contributed by atoms with Crippen LogP contribution in [0.1, 0.15) is 37.2 Å². The fraction of sp³-hybridized carbons (Fsp3) is 0.467. The molecule has 0 aliphatic heterocycles. The zero-order valence-electron chi connectivity index (χ0n) is 11.1. The van der Waals surface area contributed by atoms with Gasteiger partial charge in [-0.1, -0.05) is 23.7 Å². The molecule has 2 atom stereocenters. The summed E-state index contributed by atoms with van der Waals surface area (Å²) in [4.78, 5) is 22.3. The van der Waals surface area contributed by atoms with Crippen molar-refractivity contribution < 1.29 is 14.7 Å². The number of hydrogen-bond acceptors (Lipinski definition) is 2. The molecule has 0 unspecified atom stereocenters. The first-order valence-electron chi connectivity index (χ1n) is 6.83. The first-order valence-corrected chi connectivity index (χ1v) is 7.20. The molecule has 4 nitrogen and oxygen atoms in total. The lowest BCUT2D eigenvalue weighted by Crippen LogP contribution is -2.26. The number of rotatable bonds is 7. The second kappa shape index (κ2) is 6.75. The summed E-state index contributed by atoms with van der Waals surface area (Å²) in [5, 5.41) is 12.1. The zero-order valence-corrected chi connectivity index (χ0v) is 11.9. The molecule has 0 aromatic heterocycles. The third kappa shape index (κ3) is 4.23. The van der Waals surface area contributed by atoms with Crippen LogP contribution in [-0.4, -0.2) is 23.5 Å². The topological polar surface area (TPSA) is 66.4 Å². The highest BCUT2D eigenvalue weighted by Gasteiger charge is 2.43. The molecule has 0 radical (unpaired) electrons. The Morgan fingerprint density at radius 2 is 2.15 bits per heavy atom. The molecule has 0 heterocycles. The normalized spacial score (nSPS) is 20.4. The summed E-state index contributed by atoms with van der Waals surface area (Å²) in [6.07, 6.45) is 2.32. The molecule has 2 rings (SSSR count). The summed E-state index contributed by atoms with van der Waals surface area (Å²) in [6, 6.07) is 7.63. The Morgan fingerprint density at radius 1 is 1.35 bits per heavy atom. The van der Waals surface area contributed by atoms with Gasteiger partial charge in [0, 0.05) is 23.9 Å². The van der Waals surface area contributed by atoms with Gasteiger partial charge in [0.2, 0.25) is 5.91 Å². The van der Waals surface area contributed by atoms with Crippen LogP contribution in [-0.2, 0) is 9.59 Å². The molecule has 1 amide bonds. The number of carboxylic acid groups (broad SMARTS) is 1. The first kappa shape index (κ1) is 14.9. The van der Waals surface area contributed by atoms with E-state index in [-0.39, 0.29) is 24.2 Å². The Morgan fingerprint density at radius 3 is 2.85 bits per heavy atom. The highest BCUT2D eigenvalue weighted by atomic mass is 35.5. The Balaban J connectivity index is 1.69. The average molecular weight is 296 g/mol. The lowest BCUT2D eigenvalue weighted by molar-refractivity contribution is -0.137. The van der Waals surface area contributed by atoms with E-state index in [0.29, 0.717) is 24.4 Å². The number of carboxylic acids is 1. The van der Waals surface area contributed by atoms with Crippen molar-refractivity contribution in [1.82, 2.24) is 5.32 Å². The number of unbranched alkanes of at least 4 members (excludes halogenated alkanes) is 1. The SMILES string of the molecule is O=C(O)CCCCNC(=O)[C@@H]1C[C@H]1c1cccc(Cl)c1. The third-order valence-corrected chi connectivity index (χ3v) is 3.76. The van der Waals surface area contributed by atoms with Crippen LogP contribution >= 0.6 is 11.6 Å². The lowest BCUT2D eigenvalue weighted by atomic mass is 10.1. The molecular formula is C15H18ClNO3. The predicted molar refractivity (Wildman–Crippen MR) is 76.8 cm³/mol. The van der Waals surface area contributed by atoms with E-state index in [1.54, 1.807) is 0 Å². The smallest absolute Gasteiger partial charge is 0.303 e. The molecule has 1 aliphatic carbocycles. The van der Waals surface area contributed by atoms with Gasteiger partial charge in [-0.2, -0.15) is 0 Å². The van der Waals surface area contributed by atoms with Crippen molar-refractivity contribution >= 4 is 23.5 Å². The van der Waals surface area contributed by atoms with Crippen molar-refractivity contribution in [2.75, 3.05) is 6.54 Å². The summed E-state index contributed by atoms with van der Waals surface area (Å²) in [6.45, 7) is 0.547. The maximum Gasteiger partial charge on any atom is 0.303 e. The molecule has 0 spiro atoms. The lowest BCUT2D eigenvalue weighted by Gasteiger charge is -2.04. The Labute approximate surface area is 123 Å². The number of hydrogen-bond donors (Lipinski definition) is 2. The van der Waals surface area contributed by atoms with Crippen LogP contribution in [0.2, 0.25) is 5.02 Å². The Kier molecular flexibility index (Phi) is 5.01. The van der Waals surface area contributed by atoms with Crippen LogP contribution < -0.4 is 5.32 Å². The molecular weight excluding hydrogens is 278 g/mol. The molecule has 1 aliphatic rings. The minimum Gasteiger partial charge on any atom is -0.481 e. The van der Waals surface area contributed by atoms with Gasteiger partial charge in [0.25, 0.3) is 0 Å². The molecule has 0 saturated heterocycles. The number of halogens is 1. The third-order valence-electron chi connectivity index (χ3n) is 3.52. The predicted octanol–water partition coefficient (Wildman–Crippen LogP) is 2.81. The van der Waals surface area contributed by atoms with Crippen molar-refractivity contribution in [2.45, 2.75) is 31.6 Å². The summed E-state index contributed by atoms with van der Waals surface area (Å²) in [5.41, 5.74) is 1.11. The van der Waals surface area contributed by atoms with Crippen molar-refractivity contribution in [1.29, 1.82) is 0 Å². The van der Waals surface area contributed by atoms with E-state index in [2.05, 4.69) is 5.32 Å². The highest BCUT2D eigenvalue weighted by Crippen LogP contribution is 2.47. The van der Waals surface area contributed by atoms with Gasteiger partial charge >= 0.3 is 5.97 Å². The summed E-state index contributed by atoms with van der Waals surface area (Å²) >= 11 is 5.94. The molecule has 20 heavy (non-hydrogen) atoms. The van der Waals surface area contributed by atoms with Gasteiger partial charge in [0.05, 0.1) is 0 Å². The number of benzene rings is 1. The van der Waals surface area contributed by atoms with Gasteiger partial charge in [-0.15, -0.1) is 0 Å². The van der Waals surface area contributed by atoms with E-state index in [0.717, 1.165) is 12.0 Å². The minimum absolute atomic E-state index is 0.0351. The standard InChI is InChI=1S/C15H18ClNO3/c16-11-5-3-4-10(8-11)12-9-13(12)15(20)17-7-2-1-6-14(18)19/h3-5,8,12-13H,1-2,6-7,9H2,(H,17,20)(H,18,19)/t12-,13+/m0/s1. The maximum atomic E-state index is 11.9. The minimum atomic E-state index is -0.792. The van der Waals surface area contributed by atoms with Crippen LogP contribution in [0.3, 0.4) is 0 Å². The monoisotopic (exact) mass is 295 g/mol. The van der Waals surface area contributed by atoms with Crippen LogP contribution in [0.15, 0.2) is 24.3 Å². The molecule has 2 N–H and O–H groups in total. The Hall–Kier alpha value is -1.55. The molecule has 108 valence electrons. The van der Waals surface area contributed by atoms with E-state index in [1.165, 1.54) is 0 Å². The van der Waals surface area contributed by atoms with Gasteiger partial charge in [-0.05, 0) is 42.9 Å². The van der Waals surface area contributed by atoms with Crippen LogP contribution in [0.25, 0.3) is 0 Å². The van der Waals surface area contributed by atoms with E-state index in [4.69, 9.17) is 16.7 Å². The van der Waals surface area contributed by atoms with Gasteiger partial charge in [-0.3, -0.25) is 9.59 Å². The number of aliphatic carboxylic acids is 1. The van der Waals surface area contributed by atoms with E-state index >= 15 is 0 Å². The quantitative estimate of drug-likeness (QED) is 0.760. The molecule has 1 aromatic rings. The maximum absolute atomic E-state index is 11.9. The zero-order chi connectivity index (χ0) is 14.5. The molecule has 1 aromatic carbocycles. The van der Waals surface area contributed by atoms with Crippen molar-refractivity contribution in [3.8, 4) is 0 Å². The van der Waals surface area contributed by atoms with Gasteiger partial charge in [0.1, 0.15) is 0 Å². The van der Waals surface area contributed by atoms with Crippen LogP contribution in [0.5, 0.6) is 0 Å². The van der Waals surface area contributed by atoms with Gasteiger partial charge < -0.3 is 10.4 Å². The summed E-state index contributed by atoms with van der Waals surface area (Å²) in [7, 11) is 0. The van der Waals surface area contributed by atoms with E-state index in [9.17, 15) is 9.59 Å². The van der Waals surface area contributed by atoms with Crippen molar-refractivity contribution in [3.05, 3.63) is 34.9 Å². The van der Waals surface area contributed by atoms with Gasteiger partial charge in [0.15, 0.2) is 0 Å². The number of carbonyl (C=O) groups is 2. The first-order chi connectivity index (χ1) is 9.58.